The minimum Gasteiger partial charge on any atom is -0.325 e. The molecule has 1 fully saturated rings. The molecular weight excluding hydrogens is 216 g/mol. The largest absolute Gasteiger partial charge is 0.325 e. The Bertz CT molecular complexity index is 486. The topological polar surface area (TPSA) is 38.9 Å². The normalized spacial score (nSPS) is 15.3. The maximum absolute atomic E-state index is 5.77. The van der Waals surface area contributed by atoms with Gasteiger partial charge in [0.15, 0.2) is 0 Å². The average Bonchev–Trinajstić information content (AvgIpc) is 3.10. The van der Waals surface area contributed by atoms with Crippen LogP contribution in [-0.4, -0.2) is 4.98 Å². The van der Waals surface area contributed by atoms with Crippen LogP contribution < -0.4 is 5.73 Å². The van der Waals surface area contributed by atoms with Crippen molar-refractivity contribution in [1.29, 1.82) is 0 Å². The van der Waals surface area contributed by atoms with Crippen LogP contribution in [0.15, 0.2) is 30.3 Å². The number of nitrogens with zero attached hydrogens (tertiary/aromatic N) is 1. The van der Waals surface area contributed by atoms with Gasteiger partial charge < -0.3 is 5.73 Å². The predicted molar refractivity (Wildman–Crippen MR) is 67.4 cm³/mol. The zero-order valence-electron chi connectivity index (χ0n) is 9.02. The summed E-state index contributed by atoms with van der Waals surface area (Å²) in [5.41, 5.74) is 8.06. The lowest BCUT2D eigenvalue weighted by molar-refractivity contribution is 0.970. The van der Waals surface area contributed by atoms with E-state index in [1.807, 2.05) is 17.4 Å². The number of hydrogen-bond donors (Lipinski definition) is 1. The Hall–Kier alpha value is -1.19. The van der Waals surface area contributed by atoms with Crippen LogP contribution in [0.5, 0.6) is 0 Å². The van der Waals surface area contributed by atoms with Gasteiger partial charge in [-0.15, -0.1) is 11.3 Å². The molecule has 0 aliphatic heterocycles. The first-order chi connectivity index (χ1) is 7.88. The third-order valence-electron chi connectivity index (χ3n) is 2.87. The molecule has 1 aliphatic carbocycles. The summed E-state index contributed by atoms with van der Waals surface area (Å²) in [5, 5.41) is 1.28. The Labute approximate surface area is 99.1 Å². The number of rotatable bonds is 3. The summed E-state index contributed by atoms with van der Waals surface area (Å²) in [7, 11) is 0. The van der Waals surface area contributed by atoms with Gasteiger partial charge in [-0.05, 0) is 18.4 Å². The first-order valence-electron chi connectivity index (χ1n) is 5.63. The van der Waals surface area contributed by atoms with E-state index in [2.05, 4.69) is 29.2 Å². The molecule has 2 aromatic rings. The quantitative estimate of drug-likeness (QED) is 0.879. The van der Waals surface area contributed by atoms with Crippen molar-refractivity contribution in [2.75, 3.05) is 0 Å². The molecule has 3 heteroatoms. The van der Waals surface area contributed by atoms with Crippen molar-refractivity contribution in [3.05, 3.63) is 41.0 Å². The minimum absolute atomic E-state index is 0.535. The molecule has 16 heavy (non-hydrogen) atoms. The lowest BCUT2D eigenvalue weighted by atomic mass is 10.1. The van der Waals surface area contributed by atoms with E-state index < -0.39 is 0 Å². The Morgan fingerprint density at radius 3 is 2.62 bits per heavy atom. The summed E-state index contributed by atoms with van der Waals surface area (Å²) in [6.07, 6.45) is 2.59. The van der Waals surface area contributed by atoms with Crippen LogP contribution in [-0.2, 0) is 6.54 Å². The molecule has 82 valence electrons. The Balaban J connectivity index is 2.05. The van der Waals surface area contributed by atoms with Crippen LogP contribution in [0.25, 0.3) is 10.4 Å². The second-order valence-corrected chi connectivity index (χ2v) is 5.20. The fraction of sp³-hybridized carbons (Fsp3) is 0.308. The van der Waals surface area contributed by atoms with Gasteiger partial charge in [0.05, 0.1) is 15.6 Å². The average molecular weight is 230 g/mol. The molecule has 0 spiro atoms. The molecule has 0 amide bonds. The predicted octanol–water partition coefficient (Wildman–Crippen LogP) is 3.15. The van der Waals surface area contributed by atoms with Gasteiger partial charge in [-0.2, -0.15) is 0 Å². The van der Waals surface area contributed by atoms with Gasteiger partial charge in [0.25, 0.3) is 0 Å². The molecule has 1 aromatic heterocycles. The molecule has 1 aliphatic rings. The van der Waals surface area contributed by atoms with Gasteiger partial charge in [-0.25, -0.2) is 4.98 Å². The fourth-order valence-electron chi connectivity index (χ4n) is 1.83. The molecule has 1 saturated carbocycles. The van der Waals surface area contributed by atoms with Crippen LogP contribution in [0, 0.1) is 0 Å². The SMILES string of the molecule is NCc1nc(C2CC2)sc1-c1ccccc1. The molecule has 1 aromatic carbocycles. The van der Waals surface area contributed by atoms with E-state index in [4.69, 9.17) is 5.73 Å². The van der Waals surface area contributed by atoms with Crippen molar-refractivity contribution in [3.8, 4) is 10.4 Å². The van der Waals surface area contributed by atoms with Crippen LogP contribution in [0.2, 0.25) is 0 Å². The minimum atomic E-state index is 0.535. The number of hydrogen-bond acceptors (Lipinski definition) is 3. The summed E-state index contributed by atoms with van der Waals surface area (Å²) in [4.78, 5) is 5.92. The summed E-state index contributed by atoms with van der Waals surface area (Å²) in [5.74, 6) is 0.716. The van der Waals surface area contributed by atoms with Crippen molar-refractivity contribution < 1.29 is 0 Å². The van der Waals surface area contributed by atoms with Crippen molar-refractivity contribution in [2.45, 2.75) is 25.3 Å². The number of thiazole rings is 1. The van der Waals surface area contributed by atoms with E-state index in [9.17, 15) is 0 Å². The number of benzene rings is 1. The zero-order valence-corrected chi connectivity index (χ0v) is 9.83. The molecule has 0 unspecified atom stereocenters. The van der Waals surface area contributed by atoms with Gasteiger partial charge in [0, 0.05) is 12.5 Å². The van der Waals surface area contributed by atoms with E-state index >= 15 is 0 Å². The standard InChI is InChI=1S/C13H14N2S/c14-8-11-12(9-4-2-1-3-5-9)16-13(15-11)10-6-7-10/h1-5,10H,6-8,14H2. The van der Waals surface area contributed by atoms with Gasteiger partial charge >= 0.3 is 0 Å². The summed E-state index contributed by atoms with van der Waals surface area (Å²) < 4.78 is 0. The molecular formula is C13H14N2S. The Morgan fingerprint density at radius 1 is 1.25 bits per heavy atom. The first-order valence-corrected chi connectivity index (χ1v) is 6.45. The highest BCUT2D eigenvalue weighted by molar-refractivity contribution is 7.15. The van der Waals surface area contributed by atoms with E-state index in [-0.39, 0.29) is 0 Å². The molecule has 0 bridgehead atoms. The summed E-state index contributed by atoms with van der Waals surface area (Å²) in [6.45, 7) is 0.535. The van der Waals surface area contributed by atoms with Crippen molar-refractivity contribution >= 4 is 11.3 Å². The van der Waals surface area contributed by atoms with Gasteiger partial charge in [0.1, 0.15) is 0 Å². The lowest BCUT2D eigenvalue weighted by Crippen LogP contribution is -1.98. The highest BCUT2D eigenvalue weighted by Gasteiger charge is 2.28. The Morgan fingerprint density at radius 2 is 2.00 bits per heavy atom. The summed E-state index contributed by atoms with van der Waals surface area (Å²) >= 11 is 1.82. The van der Waals surface area contributed by atoms with E-state index in [0.717, 1.165) is 5.69 Å². The smallest absolute Gasteiger partial charge is 0.0966 e. The monoisotopic (exact) mass is 230 g/mol. The van der Waals surface area contributed by atoms with Crippen LogP contribution in [0.3, 0.4) is 0 Å². The molecule has 2 nitrogen and oxygen atoms in total. The fourth-order valence-corrected chi connectivity index (χ4v) is 3.10. The lowest BCUT2D eigenvalue weighted by Gasteiger charge is -1.98. The maximum Gasteiger partial charge on any atom is 0.0966 e. The summed E-state index contributed by atoms with van der Waals surface area (Å²) in [6, 6.07) is 10.4. The van der Waals surface area contributed by atoms with Gasteiger partial charge in [-0.3, -0.25) is 0 Å². The van der Waals surface area contributed by atoms with Crippen LogP contribution in [0.4, 0.5) is 0 Å². The molecule has 0 radical (unpaired) electrons. The number of nitrogens with two attached hydrogens (primary N) is 1. The highest BCUT2D eigenvalue weighted by atomic mass is 32.1. The maximum atomic E-state index is 5.77. The highest BCUT2D eigenvalue weighted by Crippen LogP contribution is 2.44. The van der Waals surface area contributed by atoms with E-state index in [1.54, 1.807) is 0 Å². The third-order valence-corrected chi connectivity index (χ3v) is 4.18. The zero-order chi connectivity index (χ0) is 11.0. The van der Waals surface area contributed by atoms with Crippen LogP contribution in [0.1, 0.15) is 29.5 Å². The van der Waals surface area contributed by atoms with E-state index in [0.29, 0.717) is 12.5 Å². The van der Waals surface area contributed by atoms with Crippen molar-refractivity contribution in [2.24, 2.45) is 5.73 Å². The molecule has 1 heterocycles. The van der Waals surface area contributed by atoms with Crippen molar-refractivity contribution in [3.63, 3.8) is 0 Å². The first kappa shape index (κ1) is 10.00. The molecule has 0 atom stereocenters. The van der Waals surface area contributed by atoms with Gasteiger partial charge in [0.2, 0.25) is 0 Å². The van der Waals surface area contributed by atoms with Crippen molar-refractivity contribution in [1.82, 2.24) is 4.98 Å². The van der Waals surface area contributed by atoms with Crippen LogP contribution >= 0.6 is 11.3 Å². The van der Waals surface area contributed by atoms with E-state index in [1.165, 1.54) is 28.3 Å². The van der Waals surface area contributed by atoms with Gasteiger partial charge in [-0.1, -0.05) is 30.3 Å². The second-order valence-electron chi connectivity index (χ2n) is 4.17. The Kier molecular flexibility index (Phi) is 2.50. The third kappa shape index (κ3) is 1.77. The second kappa shape index (κ2) is 4.00. The molecule has 0 saturated heterocycles. The molecule has 2 N–H and O–H groups in total. The molecule has 3 rings (SSSR count). The number of aromatic nitrogens is 1.